The summed E-state index contributed by atoms with van der Waals surface area (Å²) in [5.74, 6) is 1.25. The molecule has 31 heavy (non-hydrogen) atoms. The van der Waals surface area contributed by atoms with Crippen molar-refractivity contribution in [2.24, 2.45) is 5.92 Å². The minimum Gasteiger partial charge on any atom is -0.459 e. The second-order valence-electron chi connectivity index (χ2n) is 7.95. The van der Waals surface area contributed by atoms with Crippen LogP contribution in [0.1, 0.15) is 45.9 Å². The van der Waals surface area contributed by atoms with Gasteiger partial charge in [0.2, 0.25) is 5.89 Å². The van der Waals surface area contributed by atoms with Crippen molar-refractivity contribution >= 4 is 11.2 Å². The predicted molar refractivity (Wildman–Crippen MR) is 114 cm³/mol. The monoisotopic (exact) mass is 426 g/mol. The molecule has 0 aliphatic carbocycles. The molecule has 4 aromatic heterocycles. The van der Waals surface area contributed by atoms with Gasteiger partial charge in [0.05, 0.1) is 12.6 Å². The summed E-state index contributed by atoms with van der Waals surface area (Å²) in [5, 5.41) is 7.94. The minimum absolute atomic E-state index is 0.122. The summed E-state index contributed by atoms with van der Waals surface area (Å²) in [6.07, 6.45) is 5.76. The van der Waals surface area contributed by atoms with Gasteiger partial charge >= 0.3 is 5.69 Å². The second kappa shape index (κ2) is 8.75. The van der Waals surface area contributed by atoms with Gasteiger partial charge in [-0.3, -0.25) is 9.36 Å². The Morgan fingerprint density at radius 3 is 2.68 bits per heavy atom. The third-order valence-electron chi connectivity index (χ3n) is 5.16. The standard InChI is InChI=1S/C21H26N6O4/c1-4-5-9-26-18-17(25(13-22-18)10-8-14(2)3)20(28)27(21(26)29)12-16-23-24-19(31-16)15-7-6-11-30-15/h6-7,11,13-14H,4-5,8-10,12H2,1-3H3. The van der Waals surface area contributed by atoms with Gasteiger partial charge < -0.3 is 13.4 Å². The number of aromatic nitrogens is 6. The van der Waals surface area contributed by atoms with Crippen LogP contribution in [0.5, 0.6) is 0 Å². The van der Waals surface area contributed by atoms with E-state index in [9.17, 15) is 9.59 Å². The zero-order valence-electron chi connectivity index (χ0n) is 17.9. The summed E-state index contributed by atoms with van der Waals surface area (Å²) in [6, 6.07) is 3.41. The molecule has 4 aromatic rings. The average molecular weight is 426 g/mol. The number of rotatable bonds is 9. The van der Waals surface area contributed by atoms with Crippen LogP contribution in [0.4, 0.5) is 0 Å². The highest BCUT2D eigenvalue weighted by atomic mass is 16.4. The molecule has 0 radical (unpaired) electrons. The number of fused-ring (bicyclic) bond motifs is 1. The van der Waals surface area contributed by atoms with E-state index in [0.29, 0.717) is 35.9 Å². The molecule has 0 bridgehead atoms. The zero-order chi connectivity index (χ0) is 22.0. The summed E-state index contributed by atoms with van der Waals surface area (Å²) in [4.78, 5) is 30.9. The maximum Gasteiger partial charge on any atom is 0.333 e. The molecular formula is C21H26N6O4. The zero-order valence-corrected chi connectivity index (χ0v) is 17.9. The van der Waals surface area contributed by atoms with Gasteiger partial charge in [-0.15, -0.1) is 10.2 Å². The van der Waals surface area contributed by atoms with E-state index in [2.05, 4.69) is 29.0 Å². The van der Waals surface area contributed by atoms with Crippen molar-refractivity contribution in [3.63, 3.8) is 0 Å². The maximum absolute atomic E-state index is 13.3. The van der Waals surface area contributed by atoms with Crippen molar-refractivity contribution in [3.8, 4) is 11.7 Å². The number of hydrogen-bond donors (Lipinski definition) is 0. The normalized spacial score (nSPS) is 11.7. The van der Waals surface area contributed by atoms with Gasteiger partial charge in [-0.25, -0.2) is 14.3 Å². The molecule has 0 fully saturated rings. The highest BCUT2D eigenvalue weighted by Crippen LogP contribution is 2.18. The molecule has 0 aliphatic rings. The first-order valence-electron chi connectivity index (χ1n) is 10.5. The number of hydrogen-bond acceptors (Lipinski definition) is 7. The van der Waals surface area contributed by atoms with E-state index in [-0.39, 0.29) is 18.3 Å². The van der Waals surface area contributed by atoms with Gasteiger partial charge in [-0.1, -0.05) is 27.2 Å². The molecule has 4 rings (SSSR count). The lowest BCUT2D eigenvalue weighted by molar-refractivity contribution is 0.454. The highest BCUT2D eigenvalue weighted by molar-refractivity contribution is 5.70. The average Bonchev–Trinajstić information content (AvgIpc) is 3.50. The second-order valence-corrected chi connectivity index (χ2v) is 7.95. The fourth-order valence-corrected chi connectivity index (χ4v) is 3.42. The van der Waals surface area contributed by atoms with Crippen molar-refractivity contribution in [1.82, 2.24) is 28.9 Å². The topological polar surface area (TPSA) is 114 Å². The molecule has 10 heteroatoms. The van der Waals surface area contributed by atoms with Crippen LogP contribution < -0.4 is 11.2 Å². The van der Waals surface area contributed by atoms with E-state index in [1.165, 1.54) is 6.26 Å². The van der Waals surface area contributed by atoms with Crippen LogP contribution in [0.25, 0.3) is 22.8 Å². The van der Waals surface area contributed by atoms with Crippen molar-refractivity contribution in [1.29, 1.82) is 0 Å². The van der Waals surface area contributed by atoms with E-state index in [4.69, 9.17) is 8.83 Å². The largest absolute Gasteiger partial charge is 0.459 e. The number of furan rings is 1. The van der Waals surface area contributed by atoms with Crippen LogP contribution in [-0.4, -0.2) is 28.9 Å². The van der Waals surface area contributed by atoms with Crippen molar-refractivity contribution in [3.05, 3.63) is 51.5 Å². The molecule has 0 aromatic carbocycles. The van der Waals surface area contributed by atoms with E-state index < -0.39 is 11.2 Å². The summed E-state index contributed by atoms with van der Waals surface area (Å²) >= 11 is 0. The number of unbranched alkanes of at least 4 members (excludes halogenated alkanes) is 1. The third kappa shape index (κ3) is 4.10. The summed E-state index contributed by atoms with van der Waals surface area (Å²) in [7, 11) is 0. The maximum atomic E-state index is 13.3. The van der Waals surface area contributed by atoms with Crippen LogP contribution in [0.15, 0.2) is 43.1 Å². The highest BCUT2D eigenvalue weighted by Gasteiger charge is 2.20. The van der Waals surface area contributed by atoms with Crippen LogP contribution in [-0.2, 0) is 19.6 Å². The number of nitrogens with zero attached hydrogens (tertiary/aromatic N) is 6. The molecule has 0 saturated carbocycles. The minimum atomic E-state index is -0.433. The molecule has 0 amide bonds. The number of aryl methyl sites for hydroxylation is 2. The molecule has 10 nitrogen and oxygen atoms in total. The lowest BCUT2D eigenvalue weighted by atomic mass is 10.1. The van der Waals surface area contributed by atoms with Gasteiger partial charge in [-0.2, -0.15) is 0 Å². The first kappa shape index (κ1) is 20.8. The quantitative estimate of drug-likeness (QED) is 0.404. The number of imidazole rings is 1. The van der Waals surface area contributed by atoms with Crippen LogP contribution in [0.3, 0.4) is 0 Å². The van der Waals surface area contributed by atoms with Crippen LogP contribution >= 0.6 is 0 Å². The van der Waals surface area contributed by atoms with E-state index in [1.807, 2.05) is 11.5 Å². The van der Waals surface area contributed by atoms with E-state index in [1.54, 1.807) is 23.0 Å². The van der Waals surface area contributed by atoms with Crippen LogP contribution in [0.2, 0.25) is 0 Å². The SMILES string of the molecule is CCCCn1c(=O)n(Cc2nnc(-c3ccco3)o2)c(=O)c2c1ncn2CCC(C)C. The molecule has 0 unspecified atom stereocenters. The molecule has 164 valence electrons. The fraction of sp³-hybridized carbons (Fsp3) is 0.476. The van der Waals surface area contributed by atoms with Crippen LogP contribution in [0, 0.1) is 5.92 Å². The van der Waals surface area contributed by atoms with E-state index in [0.717, 1.165) is 23.8 Å². The Bertz CT molecular complexity index is 1280. The Morgan fingerprint density at radius 1 is 1.13 bits per heavy atom. The summed E-state index contributed by atoms with van der Waals surface area (Å²) < 4.78 is 15.4. The molecule has 0 atom stereocenters. The Labute approximate surface area is 178 Å². The molecule has 0 spiro atoms. The Kier molecular flexibility index (Phi) is 5.88. The van der Waals surface area contributed by atoms with Gasteiger partial charge in [0.25, 0.3) is 11.4 Å². The first-order valence-corrected chi connectivity index (χ1v) is 10.5. The lowest BCUT2D eigenvalue weighted by Gasteiger charge is -2.12. The molecular weight excluding hydrogens is 400 g/mol. The van der Waals surface area contributed by atoms with Crippen molar-refractivity contribution in [2.75, 3.05) is 0 Å². The van der Waals surface area contributed by atoms with Gasteiger partial charge in [0.15, 0.2) is 16.9 Å². The molecule has 0 aliphatic heterocycles. The van der Waals surface area contributed by atoms with Gasteiger partial charge in [-0.05, 0) is 30.9 Å². The van der Waals surface area contributed by atoms with Gasteiger partial charge in [0.1, 0.15) is 6.54 Å². The predicted octanol–water partition coefficient (Wildman–Crippen LogP) is 2.90. The van der Waals surface area contributed by atoms with Crippen molar-refractivity contribution in [2.45, 2.75) is 59.7 Å². The third-order valence-corrected chi connectivity index (χ3v) is 5.16. The Morgan fingerprint density at radius 2 is 1.97 bits per heavy atom. The summed E-state index contributed by atoms with van der Waals surface area (Å²) in [6.45, 7) is 7.31. The fourth-order valence-electron chi connectivity index (χ4n) is 3.42. The van der Waals surface area contributed by atoms with Crippen molar-refractivity contribution < 1.29 is 8.83 Å². The smallest absolute Gasteiger partial charge is 0.333 e. The first-order chi connectivity index (χ1) is 15.0. The summed E-state index contributed by atoms with van der Waals surface area (Å²) in [5.41, 5.74) is -0.00283. The Hall–Kier alpha value is -3.43. The lowest BCUT2D eigenvalue weighted by Crippen LogP contribution is -2.41. The molecule has 0 saturated heterocycles. The Balaban J connectivity index is 1.79. The van der Waals surface area contributed by atoms with E-state index >= 15 is 0 Å². The van der Waals surface area contributed by atoms with Gasteiger partial charge in [0, 0.05) is 13.1 Å². The molecule has 4 heterocycles. The molecule has 0 N–H and O–H groups in total.